The lowest BCUT2D eigenvalue weighted by atomic mass is 9.61. The minimum atomic E-state index is -0.140. The van der Waals surface area contributed by atoms with Crippen molar-refractivity contribution in [2.45, 2.75) is 38.1 Å². The Balaban J connectivity index is 1.88. The molecule has 1 aliphatic carbocycles. The number of halogens is 1. The van der Waals surface area contributed by atoms with Crippen LogP contribution in [0, 0.1) is 11.7 Å². The van der Waals surface area contributed by atoms with Gasteiger partial charge in [0.05, 0.1) is 6.04 Å². The van der Waals surface area contributed by atoms with Crippen LogP contribution >= 0.6 is 0 Å². The van der Waals surface area contributed by atoms with Crippen molar-refractivity contribution in [3.8, 4) is 0 Å². The molecular weight excluding hydrogens is 261 g/mol. The summed E-state index contributed by atoms with van der Waals surface area (Å²) < 4.78 is 13.7. The first-order valence-electron chi connectivity index (χ1n) is 7.72. The van der Waals surface area contributed by atoms with Crippen molar-refractivity contribution in [2.75, 3.05) is 5.32 Å². The maximum atomic E-state index is 13.7. The smallest absolute Gasteiger partial charge is 0.123 e. The fourth-order valence-corrected chi connectivity index (χ4v) is 4.26. The van der Waals surface area contributed by atoms with Gasteiger partial charge in [0, 0.05) is 5.69 Å². The molecule has 0 saturated carbocycles. The number of hydrogen-bond donors (Lipinski definition) is 1. The van der Waals surface area contributed by atoms with Crippen LogP contribution in [0.15, 0.2) is 42.5 Å². The Morgan fingerprint density at radius 3 is 2.81 bits per heavy atom. The molecule has 1 heterocycles. The highest BCUT2D eigenvalue weighted by molar-refractivity contribution is 5.60. The van der Waals surface area contributed by atoms with Gasteiger partial charge in [0.25, 0.3) is 0 Å². The summed E-state index contributed by atoms with van der Waals surface area (Å²) >= 11 is 0. The first kappa shape index (κ1) is 12.9. The Bertz CT molecular complexity index is 704. The SMILES string of the molecule is CC1(C)c2cc(F)ccc2N[C@@H]2c3ccccc3CC[C@@H]21. The van der Waals surface area contributed by atoms with Gasteiger partial charge >= 0.3 is 0 Å². The molecule has 2 heteroatoms. The summed E-state index contributed by atoms with van der Waals surface area (Å²) in [7, 11) is 0. The lowest BCUT2D eigenvalue weighted by molar-refractivity contribution is 0.239. The number of aryl methyl sites for hydroxylation is 1. The number of fused-ring (bicyclic) bond motifs is 4. The molecule has 2 aromatic rings. The van der Waals surface area contributed by atoms with Crippen LogP contribution in [0.3, 0.4) is 0 Å². The van der Waals surface area contributed by atoms with Crippen molar-refractivity contribution in [2.24, 2.45) is 5.92 Å². The molecule has 108 valence electrons. The van der Waals surface area contributed by atoms with Crippen LogP contribution in [0.4, 0.5) is 10.1 Å². The second-order valence-electron chi connectivity index (χ2n) is 6.88. The summed E-state index contributed by atoms with van der Waals surface area (Å²) in [4.78, 5) is 0. The van der Waals surface area contributed by atoms with Gasteiger partial charge in [-0.1, -0.05) is 38.1 Å². The molecule has 2 aliphatic rings. The zero-order valence-electron chi connectivity index (χ0n) is 12.5. The van der Waals surface area contributed by atoms with Crippen LogP contribution in [-0.4, -0.2) is 0 Å². The van der Waals surface area contributed by atoms with E-state index in [2.05, 4.69) is 43.4 Å². The molecule has 0 spiro atoms. The van der Waals surface area contributed by atoms with E-state index in [1.54, 1.807) is 12.1 Å². The monoisotopic (exact) mass is 281 g/mol. The molecular formula is C19H20FN. The number of benzene rings is 2. The molecule has 0 fully saturated rings. The summed E-state index contributed by atoms with van der Waals surface area (Å²) in [6.07, 6.45) is 2.27. The van der Waals surface area contributed by atoms with Gasteiger partial charge in [-0.05, 0) is 59.1 Å². The van der Waals surface area contributed by atoms with E-state index in [1.807, 2.05) is 6.07 Å². The standard InChI is InChI=1S/C19H20FN/c1-19(2)15-9-7-12-5-3-4-6-14(12)18(15)21-17-10-8-13(20)11-16(17)19/h3-6,8,10-11,15,18,21H,7,9H2,1-2H3/t15-,18+/m0/s1. The normalized spacial score (nSPS) is 25.3. The number of nitrogens with one attached hydrogen (secondary N) is 1. The Morgan fingerprint density at radius 2 is 1.95 bits per heavy atom. The van der Waals surface area contributed by atoms with E-state index in [9.17, 15) is 4.39 Å². The third kappa shape index (κ3) is 1.81. The third-order valence-corrected chi connectivity index (χ3v) is 5.43. The van der Waals surface area contributed by atoms with Crippen molar-refractivity contribution >= 4 is 5.69 Å². The second kappa shape index (κ2) is 4.33. The second-order valence-corrected chi connectivity index (χ2v) is 6.88. The van der Waals surface area contributed by atoms with Crippen molar-refractivity contribution < 1.29 is 4.39 Å². The lowest BCUT2D eigenvalue weighted by Gasteiger charge is -2.49. The van der Waals surface area contributed by atoms with Gasteiger partial charge in [0.15, 0.2) is 0 Å². The number of anilines is 1. The maximum absolute atomic E-state index is 13.7. The molecule has 1 N–H and O–H groups in total. The van der Waals surface area contributed by atoms with Crippen LogP contribution in [0.1, 0.15) is 43.0 Å². The molecule has 0 bridgehead atoms. The minimum Gasteiger partial charge on any atom is -0.378 e. The minimum absolute atomic E-state index is 0.0130. The zero-order valence-corrected chi connectivity index (χ0v) is 12.5. The van der Waals surface area contributed by atoms with Gasteiger partial charge in [0.2, 0.25) is 0 Å². The summed E-state index contributed by atoms with van der Waals surface area (Å²) in [5, 5.41) is 3.67. The molecule has 1 aliphatic heterocycles. The number of rotatable bonds is 0. The van der Waals surface area contributed by atoms with E-state index in [4.69, 9.17) is 0 Å². The molecule has 0 aromatic heterocycles. The lowest BCUT2D eigenvalue weighted by Crippen LogP contribution is -2.43. The Kier molecular flexibility index (Phi) is 2.66. The molecule has 0 saturated heterocycles. The van der Waals surface area contributed by atoms with E-state index in [-0.39, 0.29) is 11.2 Å². The highest BCUT2D eigenvalue weighted by Gasteiger charge is 2.45. The van der Waals surface area contributed by atoms with Gasteiger partial charge < -0.3 is 5.32 Å². The topological polar surface area (TPSA) is 12.0 Å². The van der Waals surface area contributed by atoms with Crippen molar-refractivity contribution in [3.05, 3.63) is 65.0 Å². The highest BCUT2D eigenvalue weighted by Crippen LogP contribution is 2.52. The van der Waals surface area contributed by atoms with Gasteiger partial charge in [-0.25, -0.2) is 4.39 Å². The van der Waals surface area contributed by atoms with Crippen molar-refractivity contribution in [1.29, 1.82) is 0 Å². The van der Waals surface area contributed by atoms with Crippen LogP contribution < -0.4 is 5.32 Å². The quantitative estimate of drug-likeness (QED) is 0.729. The van der Waals surface area contributed by atoms with Gasteiger partial charge in [0.1, 0.15) is 5.82 Å². The maximum Gasteiger partial charge on any atom is 0.123 e. The fraction of sp³-hybridized carbons (Fsp3) is 0.368. The van der Waals surface area contributed by atoms with E-state index in [0.717, 1.165) is 24.1 Å². The Labute approximate surface area is 125 Å². The van der Waals surface area contributed by atoms with Crippen LogP contribution in [0.25, 0.3) is 0 Å². The first-order valence-corrected chi connectivity index (χ1v) is 7.72. The molecule has 2 atom stereocenters. The molecule has 0 unspecified atom stereocenters. The zero-order chi connectivity index (χ0) is 14.6. The molecule has 21 heavy (non-hydrogen) atoms. The highest BCUT2D eigenvalue weighted by atomic mass is 19.1. The van der Waals surface area contributed by atoms with Crippen molar-refractivity contribution in [1.82, 2.24) is 0 Å². The Hall–Kier alpha value is -1.83. The van der Waals surface area contributed by atoms with E-state index in [0.29, 0.717) is 12.0 Å². The van der Waals surface area contributed by atoms with Crippen LogP contribution in [0.5, 0.6) is 0 Å². The van der Waals surface area contributed by atoms with Crippen LogP contribution in [0.2, 0.25) is 0 Å². The van der Waals surface area contributed by atoms with Gasteiger partial charge in [-0.15, -0.1) is 0 Å². The van der Waals surface area contributed by atoms with E-state index in [1.165, 1.54) is 11.1 Å². The average Bonchev–Trinajstić information content (AvgIpc) is 2.48. The predicted octanol–water partition coefficient (Wildman–Crippen LogP) is 4.83. The summed E-state index contributed by atoms with van der Waals surface area (Å²) in [5.74, 6) is 0.361. The fourth-order valence-electron chi connectivity index (χ4n) is 4.26. The predicted molar refractivity (Wildman–Crippen MR) is 84.0 cm³/mol. The van der Waals surface area contributed by atoms with Crippen LogP contribution in [-0.2, 0) is 11.8 Å². The first-order chi connectivity index (χ1) is 10.1. The van der Waals surface area contributed by atoms with Gasteiger partial charge in [-0.3, -0.25) is 0 Å². The Morgan fingerprint density at radius 1 is 1.14 bits per heavy atom. The summed E-state index contributed by atoms with van der Waals surface area (Å²) in [5.41, 5.74) is 5.05. The molecule has 1 nitrogen and oxygen atoms in total. The largest absolute Gasteiger partial charge is 0.378 e. The number of hydrogen-bond acceptors (Lipinski definition) is 1. The van der Waals surface area contributed by atoms with E-state index >= 15 is 0 Å². The van der Waals surface area contributed by atoms with E-state index < -0.39 is 0 Å². The third-order valence-electron chi connectivity index (χ3n) is 5.43. The molecule has 0 radical (unpaired) electrons. The molecule has 2 aromatic carbocycles. The summed E-state index contributed by atoms with van der Waals surface area (Å²) in [6.45, 7) is 4.52. The van der Waals surface area contributed by atoms with Crippen molar-refractivity contribution in [3.63, 3.8) is 0 Å². The summed E-state index contributed by atoms with van der Waals surface area (Å²) in [6, 6.07) is 14.2. The van der Waals surface area contributed by atoms with Gasteiger partial charge in [-0.2, -0.15) is 0 Å². The average molecular weight is 281 g/mol. The molecule has 0 amide bonds. The molecule has 4 rings (SSSR count).